The predicted octanol–water partition coefficient (Wildman–Crippen LogP) is 6.60. The molecule has 0 bridgehead atoms. The van der Waals surface area contributed by atoms with Crippen molar-refractivity contribution in [1.29, 1.82) is 0 Å². The first kappa shape index (κ1) is 19.5. The summed E-state index contributed by atoms with van der Waals surface area (Å²) >= 11 is 1.79. The van der Waals surface area contributed by atoms with Gasteiger partial charge in [0.05, 0.1) is 0 Å². The first-order valence-corrected chi connectivity index (χ1v) is 10.2. The van der Waals surface area contributed by atoms with Gasteiger partial charge in [0.2, 0.25) is 0 Å². The number of carbonyl (C=O) groups is 1. The van der Waals surface area contributed by atoms with E-state index in [0.29, 0.717) is 0 Å². The Morgan fingerprint density at radius 1 is 0.920 bits per heavy atom. The first-order chi connectivity index (χ1) is 12.2. The van der Waals surface area contributed by atoms with E-state index in [4.69, 9.17) is 0 Å². The molecule has 0 fully saturated rings. The number of aryl methyl sites for hydroxylation is 2. The topological polar surface area (TPSA) is 17.1 Å². The lowest BCUT2D eigenvalue weighted by Crippen LogP contribution is -1.94. The maximum absolute atomic E-state index is 12.4. The van der Waals surface area contributed by atoms with Crippen LogP contribution in [0.15, 0.2) is 53.4 Å². The summed E-state index contributed by atoms with van der Waals surface area (Å²) in [4.78, 5) is 13.6. The summed E-state index contributed by atoms with van der Waals surface area (Å²) in [6.45, 7) is 6.53. The van der Waals surface area contributed by atoms with Crippen LogP contribution in [0.25, 0.3) is 6.08 Å². The average Bonchev–Trinajstić information content (AvgIpc) is 2.61. The average molecular weight is 353 g/mol. The third kappa shape index (κ3) is 6.21. The molecule has 0 aliphatic heterocycles. The van der Waals surface area contributed by atoms with Crippen LogP contribution in [-0.4, -0.2) is 11.5 Å². The highest BCUT2D eigenvalue weighted by Gasteiger charge is 2.03. The van der Waals surface area contributed by atoms with Crippen molar-refractivity contribution in [3.63, 3.8) is 0 Å². The van der Waals surface area contributed by atoms with Gasteiger partial charge in [-0.2, -0.15) is 0 Å². The Hall–Kier alpha value is -1.80. The Kier molecular flexibility index (Phi) is 8.00. The van der Waals surface area contributed by atoms with Crippen LogP contribution in [0, 0.1) is 0 Å². The molecule has 0 N–H and O–H groups in total. The molecule has 0 aliphatic carbocycles. The molecule has 0 heterocycles. The largest absolute Gasteiger partial charge is 0.289 e. The Labute approximate surface area is 156 Å². The standard InChI is InChI=1S/C23H28OS/c1-4-7-18-15-19(8-5-2)17-20(16-18)9-14-23(24)21-10-12-22(13-11-21)25-6-3/h9-17H,4-8H2,1-3H3/b14-9+. The van der Waals surface area contributed by atoms with Gasteiger partial charge < -0.3 is 0 Å². The van der Waals surface area contributed by atoms with E-state index < -0.39 is 0 Å². The van der Waals surface area contributed by atoms with Crippen molar-refractivity contribution in [1.82, 2.24) is 0 Å². The lowest BCUT2D eigenvalue weighted by atomic mass is 9.99. The fraction of sp³-hybridized carbons (Fsp3) is 0.348. The van der Waals surface area contributed by atoms with Crippen molar-refractivity contribution in [2.24, 2.45) is 0 Å². The molecule has 2 aromatic rings. The zero-order chi connectivity index (χ0) is 18.1. The molecule has 0 saturated carbocycles. The number of carbonyl (C=O) groups excluding carboxylic acids is 1. The third-order valence-electron chi connectivity index (χ3n) is 4.03. The normalized spacial score (nSPS) is 11.2. The fourth-order valence-corrected chi connectivity index (χ4v) is 3.57. The third-order valence-corrected chi connectivity index (χ3v) is 4.92. The van der Waals surface area contributed by atoms with Gasteiger partial charge in [-0.1, -0.05) is 57.9 Å². The van der Waals surface area contributed by atoms with Crippen molar-refractivity contribution in [3.05, 3.63) is 70.8 Å². The zero-order valence-electron chi connectivity index (χ0n) is 15.5. The highest BCUT2D eigenvalue weighted by molar-refractivity contribution is 7.99. The lowest BCUT2D eigenvalue weighted by molar-refractivity contribution is 0.104. The van der Waals surface area contributed by atoms with Gasteiger partial charge in [0.15, 0.2) is 5.78 Å². The number of benzene rings is 2. The zero-order valence-corrected chi connectivity index (χ0v) is 16.4. The molecule has 0 radical (unpaired) electrons. The molecular formula is C23H28OS. The Balaban J connectivity index is 2.14. The minimum atomic E-state index is 0.0611. The van der Waals surface area contributed by atoms with Crippen LogP contribution in [0.3, 0.4) is 0 Å². The number of hydrogen-bond acceptors (Lipinski definition) is 2. The summed E-state index contributed by atoms with van der Waals surface area (Å²) in [7, 11) is 0. The van der Waals surface area contributed by atoms with Crippen LogP contribution < -0.4 is 0 Å². The van der Waals surface area contributed by atoms with E-state index in [9.17, 15) is 4.79 Å². The van der Waals surface area contributed by atoms with Gasteiger partial charge in [-0.15, -0.1) is 11.8 Å². The maximum Gasteiger partial charge on any atom is 0.185 e. The molecule has 0 saturated heterocycles. The summed E-state index contributed by atoms with van der Waals surface area (Å²) in [5.74, 6) is 1.10. The van der Waals surface area contributed by atoms with E-state index in [2.05, 4.69) is 39.0 Å². The van der Waals surface area contributed by atoms with Crippen LogP contribution in [0.2, 0.25) is 0 Å². The van der Waals surface area contributed by atoms with Crippen molar-refractivity contribution in [2.75, 3.05) is 5.75 Å². The van der Waals surface area contributed by atoms with Gasteiger partial charge in [0.25, 0.3) is 0 Å². The van der Waals surface area contributed by atoms with Crippen LogP contribution in [0.1, 0.15) is 60.7 Å². The molecule has 1 nitrogen and oxygen atoms in total. The molecule has 0 amide bonds. The van der Waals surface area contributed by atoms with Crippen molar-refractivity contribution < 1.29 is 4.79 Å². The summed E-state index contributed by atoms with van der Waals surface area (Å²) in [6.07, 6.45) is 8.10. The highest BCUT2D eigenvalue weighted by atomic mass is 32.2. The molecule has 25 heavy (non-hydrogen) atoms. The number of ketones is 1. The molecule has 0 atom stereocenters. The van der Waals surface area contributed by atoms with E-state index >= 15 is 0 Å². The molecule has 132 valence electrons. The van der Waals surface area contributed by atoms with Gasteiger partial charge in [0, 0.05) is 10.5 Å². The number of rotatable bonds is 9. The molecule has 0 unspecified atom stereocenters. The Bertz CT molecular complexity index is 689. The number of hydrogen-bond donors (Lipinski definition) is 0. The van der Waals surface area contributed by atoms with Gasteiger partial charge in [-0.05, 0) is 65.6 Å². The van der Waals surface area contributed by atoms with Crippen LogP contribution >= 0.6 is 11.8 Å². The molecular weight excluding hydrogens is 324 g/mol. The van der Waals surface area contributed by atoms with Gasteiger partial charge in [-0.25, -0.2) is 0 Å². The van der Waals surface area contributed by atoms with E-state index in [1.54, 1.807) is 17.8 Å². The molecule has 0 aliphatic rings. The highest BCUT2D eigenvalue weighted by Crippen LogP contribution is 2.19. The van der Waals surface area contributed by atoms with Crippen molar-refractivity contribution in [3.8, 4) is 0 Å². The molecule has 0 spiro atoms. The van der Waals surface area contributed by atoms with Gasteiger partial charge >= 0.3 is 0 Å². The minimum Gasteiger partial charge on any atom is -0.289 e. The second-order valence-corrected chi connectivity index (χ2v) is 7.58. The quantitative estimate of drug-likeness (QED) is 0.287. The minimum absolute atomic E-state index is 0.0611. The molecule has 2 aromatic carbocycles. The summed E-state index contributed by atoms with van der Waals surface area (Å²) in [6, 6.07) is 14.6. The molecule has 2 heteroatoms. The summed E-state index contributed by atoms with van der Waals surface area (Å²) in [5.41, 5.74) is 4.60. The molecule has 2 rings (SSSR count). The first-order valence-electron chi connectivity index (χ1n) is 9.24. The van der Waals surface area contributed by atoms with Crippen molar-refractivity contribution >= 4 is 23.6 Å². The van der Waals surface area contributed by atoms with Crippen molar-refractivity contribution in [2.45, 2.75) is 51.3 Å². The van der Waals surface area contributed by atoms with E-state index in [0.717, 1.165) is 42.6 Å². The predicted molar refractivity (Wildman–Crippen MR) is 111 cm³/mol. The summed E-state index contributed by atoms with van der Waals surface area (Å²) in [5, 5.41) is 0. The number of thioether (sulfide) groups is 1. The fourth-order valence-electron chi connectivity index (χ4n) is 2.90. The maximum atomic E-state index is 12.4. The van der Waals surface area contributed by atoms with Gasteiger partial charge in [0.1, 0.15) is 0 Å². The lowest BCUT2D eigenvalue weighted by Gasteiger charge is -2.06. The second-order valence-electron chi connectivity index (χ2n) is 6.24. The van der Waals surface area contributed by atoms with Crippen LogP contribution in [0.4, 0.5) is 0 Å². The Morgan fingerprint density at radius 3 is 2.04 bits per heavy atom. The van der Waals surface area contributed by atoms with Crippen LogP contribution in [0.5, 0.6) is 0 Å². The summed E-state index contributed by atoms with van der Waals surface area (Å²) < 4.78 is 0. The number of allylic oxidation sites excluding steroid dienone is 1. The van der Waals surface area contributed by atoms with E-state index in [1.807, 2.05) is 30.3 Å². The smallest absolute Gasteiger partial charge is 0.185 e. The SMILES string of the molecule is CCCc1cc(/C=C/C(=O)c2ccc(SCC)cc2)cc(CCC)c1. The van der Waals surface area contributed by atoms with Gasteiger partial charge in [-0.3, -0.25) is 4.79 Å². The monoisotopic (exact) mass is 352 g/mol. The van der Waals surface area contributed by atoms with Crippen LogP contribution in [-0.2, 0) is 12.8 Å². The molecule has 0 aromatic heterocycles. The second kappa shape index (κ2) is 10.2. The van der Waals surface area contributed by atoms with E-state index in [-0.39, 0.29) is 5.78 Å². The van der Waals surface area contributed by atoms with E-state index in [1.165, 1.54) is 16.0 Å². The Morgan fingerprint density at radius 2 is 1.52 bits per heavy atom.